The lowest BCUT2D eigenvalue weighted by Gasteiger charge is -2.00. The zero-order valence-electron chi connectivity index (χ0n) is 7.74. The molecule has 2 aromatic rings. The molecule has 0 amide bonds. The van der Waals surface area contributed by atoms with Gasteiger partial charge in [0.1, 0.15) is 0 Å². The molecule has 1 aromatic heterocycles. The highest BCUT2D eigenvalue weighted by Crippen LogP contribution is 2.25. The molecule has 0 saturated heterocycles. The molecule has 0 fully saturated rings. The van der Waals surface area contributed by atoms with Gasteiger partial charge in [0.15, 0.2) is 5.88 Å². The van der Waals surface area contributed by atoms with Crippen molar-refractivity contribution in [3.05, 3.63) is 24.3 Å². The maximum atomic E-state index is 5.67. The van der Waals surface area contributed by atoms with E-state index in [2.05, 4.69) is 0 Å². The number of aryl methyl sites for hydroxylation is 1. The maximum absolute atomic E-state index is 5.67. The van der Waals surface area contributed by atoms with E-state index in [-0.39, 0.29) is 0 Å². The van der Waals surface area contributed by atoms with Gasteiger partial charge in [0, 0.05) is 24.2 Å². The van der Waals surface area contributed by atoms with E-state index in [1.165, 1.54) is 0 Å². The number of nitrogens with two attached hydrogens (primary N) is 1. The minimum Gasteiger partial charge on any atom is -0.482 e. The van der Waals surface area contributed by atoms with E-state index >= 15 is 0 Å². The predicted molar refractivity (Wildman–Crippen MR) is 53.9 cm³/mol. The Labute approximate surface area is 76.7 Å². The fourth-order valence-electron chi connectivity index (χ4n) is 1.54. The standard InChI is InChI=1S/C10H12N2O/c1-12-9-4-3-8(11)5-7(9)6-10(12)13-2/h3-6H,11H2,1-2H3. The molecule has 0 aliphatic heterocycles. The van der Waals surface area contributed by atoms with Crippen LogP contribution in [-0.4, -0.2) is 11.7 Å². The summed E-state index contributed by atoms with van der Waals surface area (Å²) < 4.78 is 7.19. The van der Waals surface area contributed by atoms with Gasteiger partial charge in [-0.1, -0.05) is 0 Å². The smallest absolute Gasteiger partial charge is 0.193 e. The molecule has 0 bridgehead atoms. The van der Waals surface area contributed by atoms with Crippen LogP contribution in [0.2, 0.25) is 0 Å². The molecule has 0 atom stereocenters. The molecule has 2 rings (SSSR count). The number of hydrogen-bond acceptors (Lipinski definition) is 2. The van der Waals surface area contributed by atoms with Crippen molar-refractivity contribution in [2.45, 2.75) is 0 Å². The predicted octanol–water partition coefficient (Wildman–Crippen LogP) is 1.77. The van der Waals surface area contributed by atoms with Crippen LogP contribution in [0.4, 0.5) is 5.69 Å². The fourth-order valence-corrected chi connectivity index (χ4v) is 1.54. The topological polar surface area (TPSA) is 40.2 Å². The van der Waals surface area contributed by atoms with Crippen LogP contribution in [0.5, 0.6) is 5.88 Å². The Hall–Kier alpha value is -1.64. The van der Waals surface area contributed by atoms with Crippen LogP contribution in [-0.2, 0) is 7.05 Å². The Morgan fingerprint density at radius 3 is 2.77 bits per heavy atom. The summed E-state index contributed by atoms with van der Waals surface area (Å²) in [6.45, 7) is 0. The lowest BCUT2D eigenvalue weighted by Crippen LogP contribution is -1.92. The molecular formula is C10H12N2O. The second kappa shape index (κ2) is 2.69. The van der Waals surface area contributed by atoms with Gasteiger partial charge >= 0.3 is 0 Å². The number of hydrogen-bond donors (Lipinski definition) is 1. The molecular weight excluding hydrogens is 164 g/mol. The Morgan fingerprint density at radius 1 is 1.31 bits per heavy atom. The summed E-state index contributed by atoms with van der Waals surface area (Å²) >= 11 is 0. The fraction of sp³-hybridized carbons (Fsp3) is 0.200. The second-order valence-electron chi connectivity index (χ2n) is 3.06. The molecule has 0 spiro atoms. The van der Waals surface area contributed by atoms with E-state index in [0.29, 0.717) is 0 Å². The summed E-state index contributed by atoms with van der Waals surface area (Å²) in [5.41, 5.74) is 7.58. The van der Waals surface area contributed by atoms with Gasteiger partial charge in [0.25, 0.3) is 0 Å². The molecule has 13 heavy (non-hydrogen) atoms. The first-order valence-electron chi connectivity index (χ1n) is 4.11. The van der Waals surface area contributed by atoms with Crippen molar-refractivity contribution in [3.63, 3.8) is 0 Å². The largest absolute Gasteiger partial charge is 0.482 e. The molecule has 0 aliphatic rings. The quantitative estimate of drug-likeness (QED) is 0.673. The molecule has 1 heterocycles. The maximum Gasteiger partial charge on any atom is 0.193 e. The Kier molecular flexibility index (Phi) is 1.65. The van der Waals surface area contributed by atoms with Crippen LogP contribution < -0.4 is 10.5 Å². The molecule has 68 valence electrons. The summed E-state index contributed by atoms with van der Waals surface area (Å²) in [7, 11) is 3.63. The minimum atomic E-state index is 0.778. The van der Waals surface area contributed by atoms with Crippen molar-refractivity contribution in [2.24, 2.45) is 7.05 Å². The first-order valence-corrected chi connectivity index (χ1v) is 4.11. The van der Waals surface area contributed by atoms with Crippen molar-refractivity contribution >= 4 is 16.6 Å². The summed E-state index contributed by atoms with van der Waals surface area (Å²) in [5.74, 6) is 0.848. The molecule has 0 unspecified atom stereocenters. The van der Waals surface area contributed by atoms with Crippen LogP contribution in [0.3, 0.4) is 0 Å². The third-order valence-electron chi connectivity index (χ3n) is 2.23. The van der Waals surface area contributed by atoms with E-state index in [1.807, 2.05) is 35.9 Å². The number of nitrogen functional groups attached to an aromatic ring is 1. The second-order valence-corrected chi connectivity index (χ2v) is 3.06. The average Bonchev–Trinajstić information content (AvgIpc) is 2.42. The molecule has 2 N–H and O–H groups in total. The highest BCUT2D eigenvalue weighted by Gasteiger charge is 2.04. The normalized spacial score (nSPS) is 10.6. The van der Waals surface area contributed by atoms with Crippen molar-refractivity contribution in [1.29, 1.82) is 0 Å². The van der Waals surface area contributed by atoms with Crippen LogP contribution in [0.25, 0.3) is 10.9 Å². The molecule has 3 heteroatoms. The minimum absolute atomic E-state index is 0.778. The zero-order valence-corrected chi connectivity index (χ0v) is 7.74. The van der Waals surface area contributed by atoms with Gasteiger partial charge in [-0.25, -0.2) is 0 Å². The number of ether oxygens (including phenoxy) is 1. The van der Waals surface area contributed by atoms with Gasteiger partial charge in [-0.3, -0.25) is 0 Å². The number of nitrogens with zero attached hydrogens (tertiary/aromatic N) is 1. The molecule has 3 nitrogen and oxygen atoms in total. The van der Waals surface area contributed by atoms with Crippen LogP contribution in [0.1, 0.15) is 0 Å². The molecule has 1 aromatic carbocycles. The Bertz CT molecular complexity index is 445. The van der Waals surface area contributed by atoms with E-state index in [1.54, 1.807) is 7.11 Å². The van der Waals surface area contributed by atoms with Crippen molar-refractivity contribution in [2.75, 3.05) is 12.8 Å². The lowest BCUT2D eigenvalue weighted by molar-refractivity contribution is 0.384. The number of aromatic nitrogens is 1. The average molecular weight is 176 g/mol. The number of benzene rings is 1. The number of anilines is 1. The summed E-state index contributed by atoms with van der Waals surface area (Å²) in [4.78, 5) is 0. The first-order chi connectivity index (χ1) is 6.22. The Morgan fingerprint density at radius 2 is 2.08 bits per heavy atom. The van der Waals surface area contributed by atoms with E-state index in [0.717, 1.165) is 22.5 Å². The van der Waals surface area contributed by atoms with Crippen molar-refractivity contribution in [1.82, 2.24) is 4.57 Å². The number of fused-ring (bicyclic) bond motifs is 1. The van der Waals surface area contributed by atoms with Crippen LogP contribution in [0, 0.1) is 0 Å². The highest BCUT2D eigenvalue weighted by molar-refractivity contribution is 5.85. The Balaban J connectivity index is 2.76. The molecule has 0 radical (unpaired) electrons. The number of rotatable bonds is 1. The molecule has 0 aliphatic carbocycles. The van der Waals surface area contributed by atoms with Gasteiger partial charge in [-0.2, -0.15) is 0 Å². The monoisotopic (exact) mass is 176 g/mol. The van der Waals surface area contributed by atoms with Crippen molar-refractivity contribution < 1.29 is 4.74 Å². The van der Waals surface area contributed by atoms with Gasteiger partial charge < -0.3 is 15.0 Å². The highest BCUT2D eigenvalue weighted by atomic mass is 16.5. The van der Waals surface area contributed by atoms with Gasteiger partial charge in [-0.15, -0.1) is 0 Å². The van der Waals surface area contributed by atoms with E-state index in [4.69, 9.17) is 10.5 Å². The van der Waals surface area contributed by atoms with Crippen molar-refractivity contribution in [3.8, 4) is 5.88 Å². The van der Waals surface area contributed by atoms with Crippen LogP contribution >= 0.6 is 0 Å². The molecule has 0 saturated carbocycles. The zero-order chi connectivity index (χ0) is 9.42. The first kappa shape index (κ1) is 7.98. The summed E-state index contributed by atoms with van der Waals surface area (Å²) in [6, 6.07) is 7.80. The SMILES string of the molecule is COc1cc2cc(N)ccc2n1C. The van der Waals surface area contributed by atoms with Crippen LogP contribution in [0.15, 0.2) is 24.3 Å². The third kappa shape index (κ3) is 1.13. The third-order valence-corrected chi connectivity index (χ3v) is 2.23. The summed E-state index contributed by atoms with van der Waals surface area (Å²) in [5, 5.41) is 1.11. The number of methoxy groups -OCH3 is 1. The van der Waals surface area contributed by atoms with Gasteiger partial charge in [0.05, 0.1) is 12.6 Å². The van der Waals surface area contributed by atoms with E-state index in [9.17, 15) is 0 Å². The lowest BCUT2D eigenvalue weighted by atomic mass is 10.2. The summed E-state index contributed by atoms with van der Waals surface area (Å²) in [6.07, 6.45) is 0. The van der Waals surface area contributed by atoms with Gasteiger partial charge in [0.2, 0.25) is 0 Å². The van der Waals surface area contributed by atoms with E-state index < -0.39 is 0 Å². The van der Waals surface area contributed by atoms with Gasteiger partial charge in [-0.05, 0) is 18.2 Å².